The number of nitrogens with two attached hydrogens (primary N) is 1. The molecular weight excluding hydrogens is 383 g/mol. The number of rotatable bonds is 5. The molecule has 0 saturated carbocycles. The molecule has 3 heterocycles. The van der Waals surface area contributed by atoms with Gasteiger partial charge in [-0.25, -0.2) is 4.39 Å². The van der Waals surface area contributed by atoms with E-state index in [-0.39, 0.29) is 11.9 Å². The highest BCUT2D eigenvalue weighted by atomic mass is 19.1. The molecule has 0 radical (unpaired) electrons. The number of nitrogen functional groups attached to an aromatic ring is 1. The highest BCUT2D eigenvalue weighted by molar-refractivity contribution is 5.48. The molecule has 7 heteroatoms. The standard InChI is InChI=1S/C23H27FN4O2/c1-29-23-16-27(15-20(23)28-11-2-3-12-28)10-4-5-17-14-26-9-8-21(17)30-22-7-6-18(25)13-19(22)24/h6-9,13-14,20,23H,2-3,10-12,15-16,25H2,1H3/t20-,23-/m1/s1. The maximum atomic E-state index is 14.1. The topological polar surface area (TPSA) is 63.9 Å². The van der Waals surface area contributed by atoms with E-state index in [1.165, 1.54) is 25.0 Å². The van der Waals surface area contributed by atoms with Gasteiger partial charge in [-0.1, -0.05) is 11.8 Å². The van der Waals surface area contributed by atoms with Crippen LogP contribution in [0.15, 0.2) is 36.7 Å². The maximum absolute atomic E-state index is 14.1. The molecule has 4 rings (SSSR count). The molecule has 0 bridgehead atoms. The number of halogens is 1. The Morgan fingerprint density at radius 1 is 1.20 bits per heavy atom. The Balaban J connectivity index is 1.42. The molecular formula is C23H27FN4O2. The lowest BCUT2D eigenvalue weighted by molar-refractivity contribution is 0.0525. The second-order valence-corrected chi connectivity index (χ2v) is 7.74. The second-order valence-electron chi connectivity index (χ2n) is 7.74. The summed E-state index contributed by atoms with van der Waals surface area (Å²) >= 11 is 0. The largest absolute Gasteiger partial charge is 0.453 e. The van der Waals surface area contributed by atoms with Crippen LogP contribution in [0.3, 0.4) is 0 Å². The Hall–Kier alpha value is -2.66. The lowest BCUT2D eigenvalue weighted by atomic mass is 10.2. The van der Waals surface area contributed by atoms with Crippen molar-refractivity contribution in [3.05, 3.63) is 48.0 Å². The first-order chi connectivity index (χ1) is 14.6. The minimum absolute atomic E-state index is 0.106. The molecule has 30 heavy (non-hydrogen) atoms. The summed E-state index contributed by atoms with van der Waals surface area (Å²) in [5, 5.41) is 0. The van der Waals surface area contributed by atoms with E-state index < -0.39 is 5.82 Å². The molecule has 0 spiro atoms. The number of aromatic nitrogens is 1. The fourth-order valence-corrected chi connectivity index (χ4v) is 4.15. The molecule has 158 valence electrons. The molecule has 2 aliphatic rings. The van der Waals surface area contributed by atoms with Gasteiger partial charge in [-0.15, -0.1) is 0 Å². The summed E-state index contributed by atoms with van der Waals surface area (Å²) in [4.78, 5) is 8.98. The van der Waals surface area contributed by atoms with Gasteiger partial charge in [0.1, 0.15) is 5.75 Å². The highest BCUT2D eigenvalue weighted by Gasteiger charge is 2.37. The Labute approximate surface area is 176 Å². The van der Waals surface area contributed by atoms with Crippen molar-refractivity contribution >= 4 is 5.69 Å². The van der Waals surface area contributed by atoms with E-state index in [4.69, 9.17) is 15.2 Å². The van der Waals surface area contributed by atoms with Gasteiger partial charge >= 0.3 is 0 Å². The molecule has 2 fully saturated rings. The van der Waals surface area contributed by atoms with Crippen LogP contribution in [0.25, 0.3) is 0 Å². The summed E-state index contributed by atoms with van der Waals surface area (Å²) in [5.41, 5.74) is 6.57. The van der Waals surface area contributed by atoms with Crippen LogP contribution in [0.4, 0.5) is 10.1 Å². The third-order valence-corrected chi connectivity index (χ3v) is 5.71. The van der Waals surface area contributed by atoms with Gasteiger partial charge in [0.15, 0.2) is 11.6 Å². The third kappa shape index (κ3) is 4.73. The predicted molar refractivity (Wildman–Crippen MR) is 114 cm³/mol. The fourth-order valence-electron chi connectivity index (χ4n) is 4.15. The number of pyridine rings is 1. The first kappa shape index (κ1) is 20.6. The van der Waals surface area contributed by atoms with Gasteiger partial charge in [0.05, 0.1) is 18.2 Å². The Morgan fingerprint density at radius 2 is 2.03 bits per heavy atom. The zero-order valence-corrected chi connectivity index (χ0v) is 17.2. The smallest absolute Gasteiger partial charge is 0.167 e. The van der Waals surface area contributed by atoms with E-state index in [0.29, 0.717) is 29.6 Å². The molecule has 0 aliphatic carbocycles. The SMILES string of the molecule is CO[C@@H]1CN(CC#Cc2cnccc2Oc2ccc(N)cc2F)C[C@H]1N1CCCC1. The monoisotopic (exact) mass is 410 g/mol. The van der Waals surface area contributed by atoms with E-state index in [1.54, 1.807) is 31.6 Å². The summed E-state index contributed by atoms with van der Waals surface area (Å²) in [6.07, 6.45) is 5.98. The second kappa shape index (κ2) is 9.43. The minimum atomic E-state index is -0.513. The Bertz CT molecular complexity index is 936. The number of anilines is 1. The summed E-state index contributed by atoms with van der Waals surface area (Å²) in [6, 6.07) is 6.46. The molecule has 0 amide bonds. The number of ether oxygens (including phenoxy) is 2. The van der Waals surface area contributed by atoms with Crippen LogP contribution in [-0.2, 0) is 4.74 Å². The summed E-state index contributed by atoms with van der Waals surface area (Å²) < 4.78 is 25.5. The molecule has 1 aromatic carbocycles. The molecule has 0 unspecified atom stereocenters. The van der Waals surface area contributed by atoms with Gasteiger partial charge in [-0.2, -0.15) is 0 Å². The van der Waals surface area contributed by atoms with Crippen molar-refractivity contribution in [3.8, 4) is 23.3 Å². The zero-order chi connectivity index (χ0) is 20.9. The van der Waals surface area contributed by atoms with Crippen LogP contribution in [0.5, 0.6) is 11.5 Å². The molecule has 2 aromatic rings. The van der Waals surface area contributed by atoms with Crippen molar-refractivity contribution in [2.45, 2.75) is 25.0 Å². The van der Waals surface area contributed by atoms with Gasteiger partial charge in [-0.3, -0.25) is 14.8 Å². The van der Waals surface area contributed by atoms with Crippen LogP contribution in [0, 0.1) is 17.7 Å². The van der Waals surface area contributed by atoms with Gasteiger partial charge in [0.2, 0.25) is 0 Å². The molecule has 1 aromatic heterocycles. The Morgan fingerprint density at radius 3 is 2.80 bits per heavy atom. The zero-order valence-electron chi connectivity index (χ0n) is 17.2. The summed E-state index contributed by atoms with van der Waals surface area (Å²) in [5.74, 6) is 6.40. The van der Waals surface area contributed by atoms with Gasteiger partial charge in [0.25, 0.3) is 0 Å². The van der Waals surface area contributed by atoms with E-state index in [2.05, 4.69) is 26.6 Å². The van der Waals surface area contributed by atoms with Gasteiger partial charge < -0.3 is 15.2 Å². The van der Waals surface area contributed by atoms with Crippen molar-refractivity contribution in [2.75, 3.05) is 45.6 Å². The molecule has 2 N–H and O–H groups in total. The number of methoxy groups -OCH3 is 1. The maximum Gasteiger partial charge on any atom is 0.167 e. The normalized spacial score (nSPS) is 22.1. The quantitative estimate of drug-likeness (QED) is 0.604. The highest BCUT2D eigenvalue weighted by Crippen LogP contribution is 2.28. The van der Waals surface area contributed by atoms with E-state index in [1.807, 2.05) is 0 Å². The van der Waals surface area contributed by atoms with Crippen molar-refractivity contribution in [1.29, 1.82) is 0 Å². The van der Waals surface area contributed by atoms with Crippen LogP contribution in [0.1, 0.15) is 18.4 Å². The van der Waals surface area contributed by atoms with E-state index in [9.17, 15) is 4.39 Å². The average Bonchev–Trinajstić information content (AvgIpc) is 3.41. The molecule has 2 atom stereocenters. The fraction of sp³-hybridized carbons (Fsp3) is 0.435. The average molecular weight is 410 g/mol. The third-order valence-electron chi connectivity index (χ3n) is 5.71. The lowest BCUT2D eigenvalue weighted by Gasteiger charge is -2.27. The first-order valence-corrected chi connectivity index (χ1v) is 10.3. The Kier molecular flexibility index (Phi) is 6.48. The van der Waals surface area contributed by atoms with Crippen molar-refractivity contribution in [2.24, 2.45) is 0 Å². The number of nitrogens with zero attached hydrogens (tertiary/aromatic N) is 3. The van der Waals surface area contributed by atoms with Crippen LogP contribution in [-0.4, -0.2) is 66.8 Å². The van der Waals surface area contributed by atoms with Crippen LogP contribution >= 0.6 is 0 Å². The predicted octanol–water partition coefficient (Wildman–Crippen LogP) is 2.74. The van der Waals surface area contributed by atoms with Crippen molar-refractivity contribution in [3.63, 3.8) is 0 Å². The van der Waals surface area contributed by atoms with Crippen molar-refractivity contribution < 1.29 is 13.9 Å². The molecule has 2 aliphatic heterocycles. The number of hydrogen-bond acceptors (Lipinski definition) is 6. The van der Waals surface area contributed by atoms with E-state index >= 15 is 0 Å². The number of hydrogen-bond donors (Lipinski definition) is 1. The summed E-state index contributed by atoms with van der Waals surface area (Å²) in [7, 11) is 1.79. The number of benzene rings is 1. The van der Waals surface area contributed by atoms with E-state index in [0.717, 1.165) is 26.2 Å². The molecule has 2 saturated heterocycles. The van der Waals surface area contributed by atoms with Crippen LogP contribution in [0.2, 0.25) is 0 Å². The van der Waals surface area contributed by atoms with Crippen molar-refractivity contribution in [1.82, 2.24) is 14.8 Å². The van der Waals surface area contributed by atoms with Crippen LogP contribution < -0.4 is 10.5 Å². The minimum Gasteiger partial charge on any atom is -0.453 e. The van der Waals surface area contributed by atoms with Gasteiger partial charge in [0, 0.05) is 56.5 Å². The number of likely N-dealkylation sites (tertiary alicyclic amines) is 2. The summed E-state index contributed by atoms with van der Waals surface area (Å²) in [6.45, 7) is 4.78. The van der Waals surface area contributed by atoms with Gasteiger partial charge in [-0.05, 0) is 38.1 Å². The first-order valence-electron chi connectivity index (χ1n) is 10.3. The lowest BCUT2D eigenvalue weighted by Crippen LogP contribution is -2.42. The molecule has 6 nitrogen and oxygen atoms in total.